The number of nitrogens with zero attached hydrogens (tertiary/aromatic N) is 2. The Labute approximate surface area is 82.5 Å². The Kier molecular flexibility index (Phi) is 2.65. The average molecular weight is 191 g/mol. The summed E-state index contributed by atoms with van der Waals surface area (Å²) >= 11 is 0. The molecule has 0 saturated carbocycles. The largest absolute Gasteiger partial charge is 0.472 e. The van der Waals surface area contributed by atoms with E-state index in [1.54, 1.807) is 18.7 Å². The fraction of sp³-hybridized carbons (Fsp3) is 0.300. The molecule has 0 fully saturated rings. The first-order valence-electron chi connectivity index (χ1n) is 4.55. The number of aromatic nitrogens is 2. The minimum absolute atomic E-state index is 0.821. The van der Waals surface area contributed by atoms with E-state index in [9.17, 15) is 0 Å². The molecular formula is C10H13N3O. The van der Waals surface area contributed by atoms with Crippen LogP contribution in [-0.4, -0.2) is 9.78 Å². The van der Waals surface area contributed by atoms with Crippen LogP contribution < -0.4 is 5.32 Å². The lowest BCUT2D eigenvalue weighted by molar-refractivity contribution is 0.558. The zero-order valence-corrected chi connectivity index (χ0v) is 8.10. The van der Waals surface area contributed by atoms with Gasteiger partial charge >= 0.3 is 0 Å². The Balaban J connectivity index is 1.81. The molecule has 0 aliphatic rings. The molecule has 0 spiro atoms. The van der Waals surface area contributed by atoms with Gasteiger partial charge in [-0.2, -0.15) is 5.10 Å². The van der Waals surface area contributed by atoms with Crippen LogP contribution in [0.15, 0.2) is 35.3 Å². The van der Waals surface area contributed by atoms with Crippen molar-refractivity contribution in [3.63, 3.8) is 0 Å². The van der Waals surface area contributed by atoms with E-state index in [-0.39, 0.29) is 0 Å². The first kappa shape index (κ1) is 9.02. The van der Waals surface area contributed by atoms with Crippen molar-refractivity contribution in [3.8, 4) is 0 Å². The van der Waals surface area contributed by atoms with Crippen molar-refractivity contribution >= 4 is 0 Å². The number of hydrogen-bond acceptors (Lipinski definition) is 3. The molecule has 1 N–H and O–H groups in total. The Hall–Kier alpha value is -1.55. The topological polar surface area (TPSA) is 43.0 Å². The second-order valence-electron chi connectivity index (χ2n) is 3.18. The van der Waals surface area contributed by atoms with Gasteiger partial charge in [-0.15, -0.1) is 0 Å². The lowest BCUT2D eigenvalue weighted by Gasteiger charge is -2.02. The van der Waals surface area contributed by atoms with Crippen molar-refractivity contribution in [2.75, 3.05) is 0 Å². The Morgan fingerprint density at radius 2 is 2.36 bits per heavy atom. The van der Waals surface area contributed by atoms with Crippen molar-refractivity contribution in [2.24, 2.45) is 7.05 Å². The van der Waals surface area contributed by atoms with E-state index in [1.165, 1.54) is 5.69 Å². The van der Waals surface area contributed by atoms with Gasteiger partial charge in [0.15, 0.2) is 0 Å². The maximum absolute atomic E-state index is 4.97. The van der Waals surface area contributed by atoms with Crippen LogP contribution in [0.2, 0.25) is 0 Å². The van der Waals surface area contributed by atoms with Gasteiger partial charge < -0.3 is 9.73 Å². The minimum Gasteiger partial charge on any atom is -0.472 e. The highest BCUT2D eigenvalue weighted by molar-refractivity contribution is 5.05. The second kappa shape index (κ2) is 4.11. The third-order valence-electron chi connectivity index (χ3n) is 2.14. The van der Waals surface area contributed by atoms with Crippen LogP contribution in [0, 0.1) is 0 Å². The monoisotopic (exact) mass is 191 g/mol. The van der Waals surface area contributed by atoms with Gasteiger partial charge in [-0.3, -0.25) is 4.68 Å². The molecule has 2 aromatic rings. The van der Waals surface area contributed by atoms with Gasteiger partial charge in [0.2, 0.25) is 0 Å². The van der Waals surface area contributed by atoms with E-state index in [4.69, 9.17) is 4.42 Å². The summed E-state index contributed by atoms with van der Waals surface area (Å²) in [7, 11) is 1.94. The van der Waals surface area contributed by atoms with Gasteiger partial charge in [-0.25, -0.2) is 0 Å². The van der Waals surface area contributed by atoms with Gasteiger partial charge in [0.05, 0.1) is 18.2 Å². The molecular weight excluding hydrogens is 178 g/mol. The highest BCUT2D eigenvalue weighted by Gasteiger charge is 1.98. The van der Waals surface area contributed by atoms with Crippen LogP contribution in [-0.2, 0) is 20.1 Å². The molecule has 4 nitrogen and oxygen atoms in total. The quantitative estimate of drug-likeness (QED) is 0.792. The summed E-state index contributed by atoms with van der Waals surface area (Å²) in [5.74, 6) is 0. The summed E-state index contributed by atoms with van der Waals surface area (Å²) < 4.78 is 6.83. The normalized spacial score (nSPS) is 10.6. The molecule has 0 radical (unpaired) electrons. The number of hydrogen-bond donors (Lipinski definition) is 1. The smallest absolute Gasteiger partial charge is 0.0947 e. The number of nitrogens with one attached hydrogen (secondary N) is 1. The van der Waals surface area contributed by atoms with Crippen molar-refractivity contribution in [1.82, 2.24) is 15.1 Å². The van der Waals surface area contributed by atoms with Crippen LogP contribution in [0.3, 0.4) is 0 Å². The van der Waals surface area contributed by atoms with Gasteiger partial charge in [-0.05, 0) is 12.1 Å². The summed E-state index contributed by atoms with van der Waals surface area (Å²) in [6, 6.07) is 3.96. The van der Waals surface area contributed by atoms with Crippen molar-refractivity contribution < 1.29 is 4.42 Å². The van der Waals surface area contributed by atoms with Crippen LogP contribution in [0.5, 0.6) is 0 Å². The van der Waals surface area contributed by atoms with Gasteiger partial charge in [0, 0.05) is 31.9 Å². The molecule has 0 amide bonds. The summed E-state index contributed by atoms with van der Waals surface area (Å²) in [6.45, 7) is 1.64. The molecule has 2 aromatic heterocycles. The van der Waals surface area contributed by atoms with Gasteiger partial charge in [-0.1, -0.05) is 0 Å². The molecule has 0 aliphatic heterocycles. The molecule has 74 valence electrons. The predicted octanol–water partition coefficient (Wildman–Crippen LogP) is 1.30. The van der Waals surface area contributed by atoms with Crippen LogP contribution in [0.1, 0.15) is 11.3 Å². The molecule has 2 heterocycles. The number of aryl methyl sites for hydroxylation is 1. The van der Waals surface area contributed by atoms with Crippen LogP contribution >= 0.6 is 0 Å². The summed E-state index contributed by atoms with van der Waals surface area (Å²) in [6.07, 6.45) is 5.23. The van der Waals surface area contributed by atoms with E-state index in [2.05, 4.69) is 10.4 Å². The summed E-state index contributed by atoms with van der Waals surface area (Å²) in [4.78, 5) is 0. The number of furan rings is 1. The van der Waals surface area contributed by atoms with Gasteiger partial charge in [0.1, 0.15) is 0 Å². The molecule has 0 bridgehead atoms. The van der Waals surface area contributed by atoms with E-state index in [0.29, 0.717) is 0 Å². The first-order chi connectivity index (χ1) is 6.86. The third kappa shape index (κ3) is 2.03. The van der Waals surface area contributed by atoms with Crippen molar-refractivity contribution in [3.05, 3.63) is 42.1 Å². The summed E-state index contributed by atoms with van der Waals surface area (Å²) in [5.41, 5.74) is 2.33. The second-order valence-corrected chi connectivity index (χ2v) is 3.18. The van der Waals surface area contributed by atoms with Crippen LogP contribution in [0.4, 0.5) is 0 Å². The molecule has 0 atom stereocenters. The van der Waals surface area contributed by atoms with E-state index in [1.807, 2.05) is 23.9 Å². The predicted molar refractivity (Wildman–Crippen MR) is 52.5 cm³/mol. The molecule has 2 rings (SSSR count). The molecule has 4 heteroatoms. The average Bonchev–Trinajstić information content (AvgIpc) is 2.78. The summed E-state index contributed by atoms with van der Waals surface area (Å²) in [5, 5.41) is 7.40. The van der Waals surface area contributed by atoms with Crippen LogP contribution in [0.25, 0.3) is 0 Å². The lowest BCUT2D eigenvalue weighted by Crippen LogP contribution is -2.14. The molecule has 0 aliphatic carbocycles. The maximum Gasteiger partial charge on any atom is 0.0947 e. The zero-order valence-electron chi connectivity index (χ0n) is 8.10. The van der Waals surface area contributed by atoms with Crippen molar-refractivity contribution in [2.45, 2.75) is 13.1 Å². The third-order valence-corrected chi connectivity index (χ3v) is 2.14. The lowest BCUT2D eigenvalue weighted by atomic mass is 10.3. The van der Waals surface area contributed by atoms with E-state index >= 15 is 0 Å². The molecule has 14 heavy (non-hydrogen) atoms. The Morgan fingerprint density at radius 3 is 3.00 bits per heavy atom. The maximum atomic E-state index is 4.97. The van der Waals surface area contributed by atoms with Crippen molar-refractivity contribution in [1.29, 1.82) is 0 Å². The zero-order chi connectivity index (χ0) is 9.80. The van der Waals surface area contributed by atoms with E-state index < -0.39 is 0 Å². The van der Waals surface area contributed by atoms with Gasteiger partial charge in [0.25, 0.3) is 0 Å². The number of rotatable bonds is 4. The SMILES string of the molecule is Cn1nccc1CNCc1ccoc1. The standard InChI is InChI=1S/C10H13N3O/c1-13-10(2-4-12-13)7-11-6-9-3-5-14-8-9/h2-5,8,11H,6-7H2,1H3. The Morgan fingerprint density at radius 1 is 1.43 bits per heavy atom. The molecule has 0 unspecified atom stereocenters. The highest BCUT2D eigenvalue weighted by Crippen LogP contribution is 2.00. The fourth-order valence-electron chi connectivity index (χ4n) is 1.30. The van der Waals surface area contributed by atoms with E-state index in [0.717, 1.165) is 18.7 Å². The molecule has 0 saturated heterocycles. The molecule has 0 aromatic carbocycles. The first-order valence-corrected chi connectivity index (χ1v) is 4.55. The minimum atomic E-state index is 0.821. The fourth-order valence-corrected chi connectivity index (χ4v) is 1.30. The Bertz CT molecular complexity index is 378. The highest BCUT2D eigenvalue weighted by atomic mass is 16.3.